The van der Waals surface area contributed by atoms with Gasteiger partial charge in [0, 0.05) is 5.41 Å². The number of hydrogen-bond acceptors (Lipinski definition) is 2. The minimum Gasteiger partial charge on any atom is -0.229 e. The first-order chi connectivity index (χ1) is 6.71. The van der Waals surface area contributed by atoms with Crippen LogP contribution in [-0.2, 0) is 15.4 Å². The van der Waals surface area contributed by atoms with Crippen LogP contribution in [0.2, 0.25) is 0 Å². The average molecular weight is 231 g/mol. The summed E-state index contributed by atoms with van der Waals surface area (Å²) in [4.78, 5) is 0. The minimum absolute atomic E-state index is 0.161. The average Bonchev–Trinajstić information content (AvgIpc) is 2.00. The zero-order chi connectivity index (χ0) is 11.7. The molecule has 0 saturated heterocycles. The predicted octanol–water partition coefficient (Wildman–Crippen LogP) is 1.39. The van der Waals surface area contributed by atoms with Crippen LogP contribution in [-0.4, -0.2) is 14.2 Å². The van der Waals surface area contributed by atoms with E-state index in [1.54, 1.807) is 26.0 Å². The van der Waals surface area contributed by atoms with Crippen LogP contribution in [0.15, 0.2) is 24.3 Å². The molecule has 0 fully saturated rings. The van der Waals surface area contributed by atoms with E-state index in [4.69, 9.17) is 5.14 Å². The molecule has 0 atom stereocenters. The predicted molar refractivity (Wildman–Crippen MR) is 57.4 cm³/mol. The second kappa shape index (κ2) is 3.90. The van der Waals surface area contributed by atoms with Gasteiger partial charge in [-0.3, -0.25) is 0 Å². The maximum atomic E-state index is 12.7. The molecule has 0 aliphatic carbocycles. The highest BCUT2D eigenvalue weighted by atomic mass is 32.2. The topological polar surface area (TPSA) is 60.2 Å². The van der Waals surface area contributed by atoms with Crippen molar-refractivity contribution < 1.29 is 12.8 Å². The smallest absolute Gasteiger partial charge is 0.209 e. The molecule has 0 aliphatic heterocycles. The van der Waals surface area contributed by atoms with E-state index in [1.165, 1.54) is 12.1 Å². The standard InChI is InChI=1S/C10H14FNO2S/c1-10(2,7-15(12,13)14)8-3-5-9(11)6-4-8/h3-6H,7H2,1-2H3,(H2,12,13,14). The molecular weight excluding hydrogens is 217 g/mol. The summed E-state index contributed by atoms with van der Waals surface area (Å²) in [6.45, 7) is 3.51. The van der Waals surface area contributed by atoms with Crippen LogP contribution in [0.4, 0.5) is 4.39 Å². The summed E-state index contributed by atoms with van der Waals surface area (Å²) in [5.41, 5.74) is 0.138. The highest BCUT2D eigenvalue weighted by molar-refractivity contribution is 7.89. The number of nitrogens with two attached hydrogens (primary N) is 1. The molecule has 0 radical (unpaired) electrons. The van der Waals surface area contributed by atoms with Gasteiger partial charge in [0.15, 0.2) is 0 Å². The first-order valence-corrected chi connectivity index (χ1v) is 6.19. The monoisotopic (exact) mass is 231 g/mol. The molecule has 0 unspecified atom stereocenters. The summed E-state index contributed by atoms with van der Waals surface area (Å²) < 4.78 is 34.7. The molecule has 0 amide bonds. The highest BCUT2D eigenvalue weighted by Gasteiger charge is 2.25. The number of hydrogen-bond donors (Lipinski definition) is 1. The Labute approximate surface area is 89.2 Å². The third-order valence-corrected chi connectivity index (χ3v) is 3.31. The van der Waals surface area contributed by atoms with Crippen LogP contribution < -0.4 is 5.14 Å². The first kappa shape index (κ1) is 12.1. The lowest BCUT2D eigenvalue weighted by Gasteiger charge is -2.23. The lowest BCUT2D eigenvalue weighted by molar-refractivity contribution is 0.547. The molecule has 1 aromatic rings. The van der Waals surface area contributed by atoms with Crippen LogP contribution in [0, 0.1) is 5.82 Å². The van der Waals surface area contributed by atoms with E-state index in [0.29, 0.717) is 0 Å². The van der Waals surface area contributed by atoms with Crippen molar-refractivity contribution >= 4 is 10.0 Å². The van der Waals surface area contributed by atoms with Crippen LogP contribution in [0.3, 0.4) is 0 Å². The van der Waals surface area contributed by atoms with E-state index < -0.39 is 15.4 Å². The van der Waals surface area contributed by atoms with Crippen molar-refractivity contribution in [2.45, 2.75) is 19.3 Å². The molecule has 3 nitrogen and oxygen atoms in total. The van der Waals surface area contributed by atoms with E-state index in [9.17, 15) is 12.8 Å². The maximum absolute atomic E-state index is 12.7. The second-order valence-electron chi connectivity index (χ2n) is 4.20. The fourth-order valence-electron chi connectivity index (χ4n) is 1.49. The van der Waals surface area contributed by atoms with Gasteiger partial charge in [-0.25, -0.2) is 17.9 Å². The zero-order valence-corrected chi connectivity index (χ0v) is 9.51. The SMILES string of the molecule is CC(C)(CS(N)(=O)=O)c1ccc(F)cc1. The van der Waals surface area contributed by atoms with Crippen molar-refractivity contribution in [1.29, 1.82) is 0 Å². The van der Waals surface area contributed by atoms with Gasteiger partial charge in [0.1, 0.15) is 5.82 Å². The third kappa shape index (κ3) is 3.60. The molecule has 0 spiro atoms. The zero-order valence-electron chi connectivity index (χ0n) is 8.70. The van der Waals surface area contributed by atoms with Crippen molar-refractivity contribution in [3.05, 3.63) is 35.6 Å². The molecule has 0 aliphatic rings. The highest BCUT2D eigenvalue weighted by Crippen LogP contribution is 2.24. The molecule has 0 heterocycles. The molecule has 15 heavy (non-hydrogen) atoms. The van der Waals surface area contributed by atoms with Crippen molar-refractivity contribution in [3.63, 3.8) is 0 Å². The van der Waals surface area contributed by atoms with E-state index >= 15 is 0 Å². The van der Waals surface area contributed by atoms with Crippen LogP contribution in [0.5, 0.6) is 0 Å². The first-order valence-electron chi connectivity index (χ1n) is 4.47. The molecule has 5 heteroatoms. The van der Waals surface area contributed by atoms with Crippen molar-refractivity contribution in [2.24, 2.45) is 5.14 Å². The summed E-state index contributed by atoms with van der Waals surface area (Å²) in [6.07, 6.45) is 0. The Morgan fingerprint density at radius 1 is 1.27 bits per heavy atom. The third-order valence-electron chi connectivity index (χ3n) is 2.19. The largest absolute Gasteiger partial charge is 0.229 e. The maximum Gasteiger partial charge on any atom is 0.209 e. The molecule has 0 bridgehead atoms. The van der Waals surface area contributed by atoms with E-state index in [2.05, 4.69) is 0 Å². The summed E-state index contributed by atoms with van der Waals surface area (Å²) in [5.74, 6) is -0.504. The quantitative estimate of drug-likeness (QED) is 0.854. The van der Waals surface area contributed by atoms with Crippen molar-refractivity contribution in [3.8, 4) is 0 Å². The Hall–Kier alpha value is -0.940. The number of sulfonamides is 1. The Bertz CT molecular complexity index is 437. The number of rotatable bonds is 3. The summed E-state index contributed by atoms with van der Waals surface area (Å²) in [7, 11) is -3.53. The number of benzene rings is 1. The number of primary sulfonamides is 1. The van der Waals surface area contributed by atoms with Crippen LogP contribution >= 0.6 is 0 Å². The molecular formula is C10H14FNO2S. The Kier molecular flexibility index (Phi) is 3.16. The normalized spacial score (nSPS) is 12.8. The van der Waals surface area contributed by atoms with Crippen molar-refractivity contribution in [2.75, 3.05) is 5.75 Å². The summed E-state index contributed by atoms with van der Waals surface area (Å²) in [6, 6.07) is 5.75. The van der Waals surface area contributed by atoms with E-state index in [1.807, 2.05) is 0 Å². The van der Waals surface area contributed by atoms with E-state index in [-0.39, 0.29) is 11.6 Å². The lowest BCUT2D eigenvalue weighted by atomic mass is 9.87. The molecule has 1 aromatic carbocycles. The van der Waals surface area contributed by atoms with Gasteiger partial charge in [-0.1, -0.05) is 26.0 Å². The van der Waals surface area contributed by atoms with Crippen molar-refractivity contribution in [1.82, 2.24) is 0 Å². The van der Waals surface area contributed by atoms with Gasteiger partial charge in [-0.05, 0) is 17.7 Å². The number of halogens is 1. The van der Waals surface area contributed by atoms with Crippen LogP contribution in [0.25, 0.3) is 0 Å². The molecule has 84 valence electrons. The molecule has 0 aromatic heterocycles. The Morgan fingerprint density at radius 2 is 1.73 bits per heavy atom. The Balaban J connectivity index is 3.00. The second-order valence-corrected chi connectivity index (χ2v) is 5.81. The lowest BCUT2D eigenvalue weighted by Crippen LogP contribution is -2.32. The van der Waals surface area contributed by atoms with Crippen LogP contribution in [0.1, 0.15) is 19.4 Å². The van der Waals surface area contributed by atoms with Gasteiger partial charge in [0.05, 0.1) is 5.75 Å². The summed E-state index contributed by atoms with van der Waals surface area (Å²) >= 11 is 0. The van der Waals surface area contributed by atoms with Gasteiger partial charge in [-0.15, -0.1) is 0 Å². The van der Waals surface area contributed by atoms with Gasteiger partial charge < -0.3 is 0 Å². The van der Waals surface area contributed by atoms with Gasteiger partial charge >= 0.3 is 0 Å². The minimum atomic E-state index is -3.53. The molecule has 1 rings (SSSR count). The van der Waals surface area contributed by atoms with Gasteiger partial charge in [0.25, 0.3) is 0 Å². The van der Waals surface area contributed by atoms with E-state index in [0.717, 1.165) is 5.56 Å². The fourth-order valence-corrected chi connectivity index (χ4v) is 2.66. The van der Waals surface area contributed by atoms with Gasteiger partial charge in [0.2, 0.25) is 10.0 Å². The fraction of sp³-hybridized carbons (Fsp3) is 0.400. The Morgan fingerprint density at radius 3 is 2.13 bits per heavy atom. The molecule has 2 N–H and O–H groups in total. The molecule has 0 saturated carbocycles. The van der Waals surface area contributed by atoms with Gasteiger partial charge in [-0.2, -0.15) is 0 Å². The summed E-state index contributed by atoms with van der Waals surface area (Å²) in [5, 5.41) is 4.99.